The van der Waals surface area contributed by atoms with Crippen molar-refractivity contribution in [2.75, 3.05) is 6.54 Å². The predicted molar refractivity (Wildman–Crippen MR) is 43.8 cm³/mol. The molecular weight excluding hydrogens is 220 g/mol. The highest BCUT2D eigenvalue weighted by Gasteiger charge is 2.45. The molecule has 1 aliphatic rings. The second kappa shape index (κ2) is 3.44. The summed E-state index contributed by atoms with van der Waals surface area (Å²) in [5.41, 5.74) is 0. The van der Waals surface area contributed by atoms with Crippen molar-refractivity contribution in [2.45, 2.75) is 18.6 Å². The standard InChI is InChI=1S/C4H11NO6P2/c6-12(7,8)4-2-1-3-5(4)13(9,10)11/h4H,1-3H2,(H2,6,7,8)(H2,9,10,11). The zero-order chi connectivity index (χ0) is 10.3. The van der Waals surface area contributed by atoms with Crippen LogP contribution in [0.1, 0.15) is 12.8 Å². The first-order valence-corrected chi connectivity index (χ1v) is 6.85. The molecule has 1 rings (SSSR count). The van der Waals surface area contributed by atoms with Gasteiger partial charge in [0.2, 0.25) is 0 Å². The minimum absolute atomic E-state index is 0.0278. The van der Waals surface area contributed by atoms with Crippen LogP contribution in [0.15, 0.2) is 0 Å². The molecule has 0 aromatic carbocycles. The summed E-state index contributed by atoms with van der Waals surface area (Å²) in [6, 6.07) is 0. The number of hydrogen-bond acceptors (Lipinski definition) is 2. The molecule has 13 heavy (non-hydrogen) atoms. The van der Waals surface area contributed by atoms with E-state index in [4.69, 9.17) is 19.6 Å². The van der Waals surface area contributed by atoms with Gasteiger partial charge < -0.3 is 19.6 Å². The van der Waals surface area contributed by atoms with Crippen molar-refractivity contribution in [1.29, 1.82) is 0 Å². The molecular formula is C4H11NO6P2. The van der Waals surface area contributed by atoms with Gasteiger partial charge in [-0.25, -0.2) is 4.57 Å². The lowest BCUT2D eigenvalue weighted by atomic mass is 10.4. The fourth-order valence-corrected chi connectivity index (χ4v) is 4.03. The largest absolute Gasteiger partial charge is 0.403 e. The van der Waals surface area contributed by atoms with Crippen LogP contribution in [0, 0.1) is 0 Å². The van der Waals surface area contributed by atoms with Gasteiger partial charge in [-0.2, -0.15) is 4.67 Å². The summed E-state index contributed by atoms with van der Waals surface area (Å²) < 4.78 is 22.1. The minimum Gasteiger partial charge on any atom is -0.323 e. The Morgan fingerprint density at radius 2 is 1.69 bits per heavy atom. The second-order valence-corrected chi connectivity index (χ2v) is 6.20. The maximum Gasteiger partial charge on any atom is 0.403 e. The van der Waals surface area contributed by atoms with E-state index in [1.165, 1.54) is 0 Å². The predicted octanol–water partition coefficient (Wildman–Crippen LogP) is -0.321. The van der Waals surface area contributed by atoms with Gasteiger partial charge in [0, 0.05) is 6.54 Å². The summed E-state index contributed by atoms with van der Waals surface area (Å²) in [5, 5.41) is 0. The van der Waals surface area contributed by atoms with Crippen LogP contribution in [0.3, 0.4) is 0 Å². The first kappa shape index (κ1) is 11.3. The van der Waals surface area contributed by atoms with Crippen molar-refractivity contribution in [1.82, 2.24) is 4.67 Å². The third-order valence-corrected chi connectivity index (χ3v) is 4.56. The monoisotopic (exact) mass is 231 g/mol. The smallest absolute Gasteiger partial charge is 0.323 e. The molecule has 9 heteroatoms. The highest BCUT2D eigenvalue weighted by molar-refractivity contribution is 7.55. The molecule has 4 N–H and O–H groups in total. The number of nitrogens with zero attached hydrogens (tertiary/aromatic N) is 1. The molecule has 1 heterocycles. The van der Waals surface area contributed by atoms with Crippen LogP contribution in [-0.2, 0) is 9.13 Å². The van der Waals surface area contributed by atoms with E-state index >= 15 is 0 Å². The fraction of sp³-hybridized carbons (Fsp3) is 1.00. The highest BCUT2D eigenvalue weighted by Crippen LogP contribution is 2.56. The van der Waals surface area contributed by atoms with Gasteiger partial charge in [0.25, 0.3) is 0 Å². The van der Waals surface area contributed by atoms with Crippen molar-refractivity contribution in [2.24, 2.45) is 0 Å². The SMILES string of the molecule is O=P(O)(O)C1CCCN1P(=O)(O)O. The normalized spacial score (nSPS) is 26.6. The molecule has 1 unspecified atom stereocenters. The Balaban J connectivity index is 2.89. The molecule has 7 nitrogen and oxygen atoms in total. The molecule has 0 saturated carbocycles. The van der Waals surface area contributed by atoms with Gasteiger partial charge in [-0.05, 0) is 12.8 Å². The number of hydrogen-bond donors (Lipinski definition) is 4. The van der Waals surface area contributed by atoms with E-state index in [1.54, 1.807) is 0 Å². The Kier molecular flexibility index (Phi) is 3.00. The number of rotatable bonds is 2. The van der Waals surface area contributed by atoms with Gasteiger partial charge in [-0.3, -0.25) is 4.57 Å². The third-order valence-electron chi connectivity index (χ3n) is 1.92. The van der Waals surface area contributed by atoms with Crippen LogP contribution in [0.5, 0.6) is 0 Å². The van der Waals surface area contributed by atoms with Gasteiger partial charge in [0.1, 0.15) is 5.78 Å². The molecule has 0 aromatic rings. The van der Waals surface area contributed by atoms with Crippen LogP contribution in [-0.4, -0.2) is 36.6 Å². The maximum atomic E-state index is 10.8. The fourth-order valence-electron chi connectivity index (χ4n) is 1.38. The van der Waals surface area contributed by atoms with Crippen LogP contribution in [0.2, 0.25) is 0 Å². The van der Waals surface area contributed by atoms with E-state index in [1.807, 2.05) is 0 Å². The molecule has 1 saturated heterocycles. The van der Waals surface area contributed by atoms with Crippen LogP contribution in [0.25, 0.3) is 0 Å². The molecule has 0 bridgehead atoms. The summed E-state index contributed by atoms with van der Waals surface area (Å²) in [5.74, 6) is -1.33. The average Bonchev–Trinajstić information content (AvgIpc) is 2.27. The lowest BCUT2D eigenvalue weighted by molar-refractivity contribution is 0.259. The summed E-state index contributed by atoms with van der Waals surface area (Å²) in [6.07, 6.45) is 0.510. The molecule has 1 fully saturated rings. The van der Waals surface area contributed by atoms with Crippen molar-refractivity contribution < 1.29 is 28.7 Å². The third kappa shape index (κ3) is 2.60. The molecule has 0 radical (unpaired) electrons. The molecule has 0 spiro atoms. The van der Waals surface area contributed by atoms with E-state index in [9.17, 15) is 9.13 Å². The lowest BCUT2D eigenvalue weighted by Gasteiger charge is -2.24. The Bertz CT molecular complexity index is 252. The van der Waals surface area contributed by atoms with E-state index in [-0.39, 0.29) is 13.0 Å². The summed E-state index contributed by atoms with van der Waals surface area (Å²) in [4.78, 5) is 35.0. The zero-order valence-corrected chi connectivity index (χ0v) is 8.43. The van der Waals surface area contributed by atoms with Crippen molar-refractivity contribution in [3.63, 3.8) is 0 Å². The van der Waals surface area contributed by atoms with Gasteiger partial charge in [0.15, 0.2) is 0 Å². The Labute approximate surface area is 74.7 Å². The quantitative estimate of drug-likeness (QED) is 0.481. The summed E-state index contributed by atoms with van der Waals surface area (Å²) in [7, 11) is -8.96. The first-order chi connectivity index (χ1) is 5.73. The lowest BCUT2D eigenvalue weighted by Crippen LogP contribution is -2.26. The van der Waals surface area contributed by atoms with Crippen molar-refractivity contribution in [3.05, 3.63) is 0 Å². The first-order valence-electron chi connectivity index (χ1n) is 3.61. The van der Waals surface area contributed by atoms with Crippen LogP contribution >= 0.6 is 15.3 Å². The van der Waals surface area contributed by atoms with E-state index < -0.39 is 21.1 Å². The van der Waals surface area contributed by atoms with Gasteiger partial charge in [0.05, 0.1) is 0 Å². The molecule has 78 valence electrons. The van der Waals surface area contributed by atoms with Gasteiger partial charge in [-0.1, -0.05) is 0 Å². The maximum absolute atomic E-state index is 10.8. The summed E-state index contributed by atoms with van der Waals surface area (Å²) in [6.45, 7) is 0.0278. The van der Waals surface area contributed by atoms with Gasteiger partial charge >= 0.3 is 15.3 Å². The molecule has 0 aromatic heterocycles. The Morgan fingerprint density at radius 1 is 1.15 bits per heavy atom. The zero-order valence-electron chi connectivity index (χ0n) is 6.65. The Morgan fingerprint density at radius 3 is 2.00 bits per heavy atom. The van der Waals surface area contributed by atoms with Crippen molar-refractivity contribution >= 4 is 15.3 Å². The molecule has 1 aliphatic heterocycles. The van der Waals surface area contributed by atoms with E-state index in [0.717, 1.165) is 0 Å². The van der Waals surface area contributed by atoms with E-state index in [0.29, 0.717) is 11.1 Å². The average molecular weight is 231 g/mol. The van der Waals surface area contributed by atoms with Crippen molar-refractivity contribution in [3.8, 4) is 0 Å². The van der Waals surface area contributed by atoms with Crippen LogP contribution in [0.4, 0.5) is 0 Å². The minimum atomic E-state index is -4.52. The Hall–Kier alpha value is 0.260. The van der Waals surface area contributed by atoms with Crippen LogP contribution < -0.4 is 0 Å². The molecule has 0 aliphatic carbocycles. The topological polar surface area (TPSA) is 118 Å². The second-order valence-electron chi connectivity index (χ2n) is 2.89. The van der Waals surface area contributed by atoms with E-state index in [2.05, 4.69) is 0 Å². The highest BCUT2D eigenvalue weighted by atomic mass is 31.2. The van der Waals surface area contributed by atoms with Gasteiger partial charge in [-0.15, -0.1) is 0 Å². The molecule has 1 atom stereocenters. The summed E-state index contributed by atoms with van der Waals surface area (Å²) >= 11 is 0. The molecule has 0 amide bonds.